The Morgan fingerprint density at radius 1 is 0.500 bits per heavy atom. The van der Waals surface area contributed by atoms with Crippen molar-refractivity contribution in [2.45, 2.75) is 5.92 Å². The van der Waals surface area contributed by atoms with Gasteiger partial charge >= 0.3 is 123 Å². The summed E-state index contributed by atoms with van der Waals surface area (Å²) in [4.78, 5) is 0. The van der Waals surface area contributed by atoms with Crippen LogP contribution in [-0.4, -0.2) is 14.7 Å². The summed E-state index contributed by atoms with van der Waals surface area (Å²) in [5.74, 6) is 0.456. The second-order valence-electron chi connectivity index (χ2n) is 5.44. The molecule has 0 radical (unpaired) electrons. The fraction of sp³-hybridized carbons (Fsp3) is 0.0526. The summed E-state index contributed by atoms with van der Waals surface area (Å²) in [5.41, 5.74) is 4.68. The molecule has 3 aliphatic heterocycles. The maximum absolute atomic E-state index is 2.37. The van der Waals surface area contributed by atoms with Crippen LogP contribution in [0.2, 0.25) is 0 Å². The van der Waals surface area contributed by atoms with Crippen LogP contribution in [0, 0.1) is 0 Å². The molecule has 0 atom stereocenters. The topological polar surface area (TPSA) is 0 Å². The van der Waals surface area contributed by atoms with Crippen molar-refractivity contribution in [2.24, 2.45) is 0 Å². The van der Waals surface area contributed by atoms with Crippen LogP contribution in [-0.2, 0) is 0 Å². The molecule has 3 aromatic carbocycles. The molecule has 94 valence electrons. The van der Waals surface area contributed by atoms with E-state index in [4.69, 9.17) is 0 Å². The third-order valence-electron chi connectivity index (χ3n) is 4.47. The SMILES string of the molecule is c1ccc2c(c1)C1c3ccccc3[As]2c2ccccc21. The molecule has 20 heavy (non-hydrogen) atoms. The first kappa shape index (κ1) is 10.9. The van der Waals surface area contributed by atoms with Crippen molar-refractivity contribution in [3.63, 3.8) is 0 Å². The van der Waals surface area contributed by atoms with Gasteiger partial charge in [0.15, 0.2) is 0 Å². The van der Waals surface area contributed by atoms with Gasteiger partial charge in [0, 0.05) is 0 Å². The van der Waals surface area contributed by atoms with Crippen LogP contribution >= 0.6 is 0 Å². The van der Waals surface area contributed by atoms with Crippen LogP contribution in [0.1, 0.15) is 22.6 Å². The fourth-order valence-corrected chi connectivity index (χ4v) is 9.72. The standard InChI is InChI=1S/C19H13As/c1-4-10-16-13(7-1)19-14-8-2-5-11-17(14)20(16)18-12-6-3-9-15(18)19/h1-12,19H. The number of rotatable bonds is 0. The molecule has 0 fully saturated rings. The molecule has 0 unspecified atom stereocenters. The number of hydrogen-bond donors (Lipinski definition) is 0. The number of benzene rings is 3. The van der Waals surface area contributed by atoms with Gasteiger partial charge in [0.25, 0.3) is 0 Å². The molecule has 0 amide bonds. The monoisotopic (exact) mass is 316 g/mol. The molecule has 0 aliphatic carbocycles. The quantitative estimate of drug-likeness (QED) is 0.384. The van der Waals surface area contributed by atoms with Gasteiger partial charge in [-0.2, -0.15) is 0 Å². The average Bonchev–Trinajstić information content (AvgIpc) is 2.54. The van der Waals surface area contributed by atoms with E-state index in [9.17, 15) is 0 Å². The van der Waals surface area contributed by atoms with Gasteiger partial charge < -0.3 is 0 Å². The normalized spacial score (nSPS) is 21.0. The van der Waals surface area contributed by atoms with E-state index >= 15 is 0 Å². The second kappa shape index (κ2) is 3.87. The zero-order chi connectivity index (χ0) is 13.1. The Balaban J connectivity index is 1.93. The molecule has 0 aromatic heterocycles. The Morgan fingerprint density at radius 3 is 1.25 bits per heavy atom. The molecule has 3 aromatic rings. The third kappa shape index (κ3) is 1.23. The molecule has 6 rings (SSSR count). The average molecular weight is 316 g/mol. The summed E-state index contributed by atoms with van der Waals surface area (Å²) in [5, 5.41) is 0. The van der Waals surface area contributed by atoms with Crippen molar-refractivity contribution in [3.05, 3.63) is 89.5 Å². The first-order valence-corrected chi connectivity index (χ1v) is 9.83. The fourth-order valence-electron chi connectivity index (χ4n) is 3.70. The van der Waals surface area contributed by atoms with Gasteiger partial charge in [-0.3, -0.25) is 0 Å². The molecular weight excluding hydrogens is 303 g/mol. The minimum atomic E-state index is -1.31. The zero-order valence-electron chi connectivity index (χ0n) is 11.0. The molecule has 2 bridgehead atoms. The molecule has 3 heterocycles. The van der Waals surface area contributed by atoms with Crippen LogP contribution in [0.4, 0.5) is 0 Å². The summed E-state index contributed by atoms with van der Waals surface area (Å²) in [6.45, 7) is 0. The van der Waals surface area contributed by atoms with Crippen LogP contribution in [0.3, 0.4) is 0 Å². The molecule has 0 saturated carbocycles. The van der Waals surface area contributed by atoms with E-state index < -0.39 is 14.7 Å². The first-order chi connectivity index (χ1) is 9.95. The van der Waals surface area contributed by atoms with Gasteiger partial charge in [0.2, 0.25) is 0 Å². The number of hydrogen-bond acceptors (Lipinski definition) is 0. The Hall–Kier alpha value is -1.78. The Morgan fingerprint density at radius 2 is 0.850 bits per heavy atom. The van der Waals surface area contributed by atoms with Crippen LogP contribution in [0.15, 0.2) is 72.8 Å². The molecule has 0 saturated heterocycles. The van der Waals surface area contributed by atoms with E-state index in [1.54, 1.807) is 29.7 Å². The Labute approximate surface area is 123 Å². The van der Waals surface area contributed by atoms with Crippen LogP contribution in [0.25, 0.3) is 0 Å². The molecule has 0 N–H and O–H groups in total. The van der Waals surface area contributed by atoms with Crippen molar-refractivity contribution >= 4 is 27.7 Å². The van der Waals surface area contributed by atoms with Gasteiger partial charge in [0.05, 0.1) is 0 Å². The molecular formula is C19H13As. The predicted octanol–water partition coefficient (Wildman–Crippen LogP) is 2.01. The van der Waals surface area contributed by atoms with Crippen molar-refractivity contribution in [2.75, 3.05) is 0 Å². The maximum atomic E-state index is 2.37. The molecule has 0 spiro atoms. The predicted molar refractivity (Wildman–Crippen MR) is 84.9 cm³/mol. The van der Waals surface area contributed by atoms with Gasteiger partial charge in [-0.25, -0.2) is 0 Å². The molecule has 0 nitrogen and oxygen atoms in total. The van der Waals surface area contributed by atoms with E-state index in [-0.39, 0.29) is 0 Å². The van der Waals surface area contributed by atoms with Gasteiger partial charge in [-0.1, -0.05) is 0 Å². The van der Waals surface area contributed by atoms with Crippen molar-refractivity contribution in [3.8, 4) is 0 Å². The summed E-state index contributed by atoms with van der Waals surface area (Å²) >= 11 is -1.31. The van der Waals surface area contributed by atoms with E-state index in [2.05, 4.69) is 72.8 Å². The Kier molecular flexibility index (Phi) is 2.12. The molecule has 1 heteroatoms. The van der Waals surface area contributed by atoms with E-state index in [1.807, 2.05) is 0 Å². The summed E-state index contributed by atoms with van der Waals surface area (Å²) < 4.78 is 4.92. The van der Waals surface area contributed by atoms with Crippen molar-refractivity contribution < 1.29 is 0 Å². The van der Waals surface area contributed by atoms with Crippen LogP contribution < -0.4 is 13.1 Å². The van der Waals surface area contributed by atoms with E-state index in [1.165, 1.54) is 0 Å². The Bertz CT molecular complexity index is 653. The van der Waals surface area contributed by atoms with Gasteiger partial charge in [-0.15, -0.1) is 0 Å². The second-order valence-corrected chi connectivity index (χ2v) is 9.88. The van der Waals surface area contributed by atoms with E-state index in [0.29, 0.717) is 5.92 Å². The summed E-state index contributed by atoms with van der Waals surface area (Å²) in [6.07, 6.45) is 0. The van der Waals surface area contributed by atoms with E-state index in [0.717, 1.165) is 0 Å². The van der Waals surface area contributed by atoms with Gasteiger partial charge in [0.1, 0.15) is 0 Å². The molecule has 3 aliphatic rings. The summed E-state index contributed by atoms with van der Waals surface area (Å²) in [7, 11) is 0. The van der Waals surface area contributed by atoms with Crippen molar-refractivity contribution in [1.82, 2.24) is 0 Å². The van der Waals surface area contributed by atoms with Crippen LogP contribution in [0.5, 0.6) is 0 Å². The van der Waals surface area contributed by atoms with Crippen molar-refractivity contribution in [1.29, 1.82) is 0 Å². The first-order valence-electron chi connectivity index (χ1n) is 7.02. The third-order valence-corrected chi connectivity index (χ3v) is 10.1. The minimum absolute atomic E-state index is 0.456. The van der Waals surface area contributed by atoms with Gasteiger partial charge in [-0.05, 0) is 0 Å². The summed E-state index contributed by atoms with van der Waals surface area (Å²) in [6, 6.07) is 27.3. The zero-order valence-corrected chi connectivity index (χ0v) is 12.8.